The third-order valence-electron chi connectivity index (χ3n) is 25.1. The predicted octanol–water partition coefficient (Wildman–Crippen LogP) is 33.1. The van der Waals surface area contributed by atoms with Crippen LogP contribution in [0, 0.1) is 55.4 Å². The number of fused-ring (bicyclic) bond motifs is 20. The lowest BCUT2D eigenvalue weighted by Crippen LogP contribution is -2.16. The van der Waals surface area contributed by atoms with Crippen LogP contribution in [0.4, 0.5) is 97.7 Å². The van der Waals surface area contributed by atoms with Gasteiger partial charge in [0, 0.05) is 27.5 Å². The maximum absolute atomic E-state index is 12.9. The van der Waals surface area contributed by atoms with E-state index in [4.69, 9.17) is 41.0 Å². The van der Waals surface area contributed by atoms with Crippen LogP contribution >= 0.6 is 0 Å². The first-order chi connectivity index (χ1) is 65.6. The van der Waals surface area contributed by atoms with Crippen LogP contribution in [0.3, 0.4) is 0 Å². The Hall–Kier alpha value is -16.8. The Kier molecular flexibility index (Phi) is 22.3. The Bertz CT molecular complexity index is 7820. The van der Waals surface area contributed by atoms with Crippen molar-refractivity contribution in [2.75, 3.05) is 38.7 Å². The number of carbonyl (C=O) groups is 1. The van der Waals surface area contributed by atoms with E-state index in [0.717, 1.165) is 188 Å². The second kappa shape index (κ2) is 35.6. The first-order valence-corrected chi connectivity index (χ1v) is 45.1. The van der Waals surface area contributed by atoms with Crippen LogP contribution < -0.4 is 43.4 Å². The van der Waals surface area contributed by atoms with E-state index in [1.807, 2.05) is 187 Å². The summed E-state index contributed by atoms with van der Waals surface area (Å²) in [6, 6.07) is 113. The van der Waals surface area contributed by atoms with E-state index in [0.29, 0.717) is 35.3 Å². The second-order valence-corrected chi connectivity index (χ2v) is 34.2. The average molecular weight is 1760 g/mol. The van der Waals surface area contributed by atoms with Crippen molar-refractivity contribution in [3.8, 4) is 23.0 Å². The van der Waals surface area contributed by atoms with Crippen molar-refractivity contribution in [2.45, 2.75) is 81.3 Å². The van der Waals surface area contributed by atoms with Crippen LogP contribution in [0.25, 0.3) is 67.0 Å². The lowest BCUT2D eigenvalue weighted by Gasteiger charge is -2.29. The van der Waals surface area contributed by atoms with Crippen molar-refractivity contribution in [3.05, 3.63) is 412 Å². The van der Waals surface area contributed by atoms with Crippen molar-refractivity contribution in [3.63, 3.8) is 0 Å². The molecular weight excluding hydrogens is 1660 g/mol. The number of benzene rings is 15. The molecule has 0 saturated heterocycles. The fourth-order valence-electron chi connectivity index (χ4n) is 18.6. The van der Waals surface area contributed by atoms with Crippen molar-refractivity contribution < 1.29 is 45.8 Å². The zero-order chi connectivity index (χ0) is 91.4. The molecule has 10 heterocycles. The van der Waals surface area contributed by atoms with Crippen molar-refractivity contribution in [1.29, 1.82) is 0 Å². The number of ether oxygens (including phenoxy) is 4. The number of aryl methyl sites for hydroxylation is 10. The summed E-state index contributed by atoms with van der Waals surface area (Å²) in [5.41, 5.74) is 31.7. The maximum Gasteiger partial charge on any atom is 0.345 e. The highest BCUT2D eigenvalue weighted by atomic mass is 16.5. The van der Waals surface area contributed by atoms with Gasteiger partial charge in [-0.2, -0.15) is 0 Å². The summed E-state index contributed by atoms with van der Waals surface area (Å²) in [5.74, 6) is 6.10. The van der Waals surface area contributed by atoms with E-state index in [2.05, 4.69) is 242 Å². The lowest BCUT2D eigenvalue weighted by molar-refractivity contribution is 0.0740. The van der Waals surface area contributed by atoms with E-state index in [-0.39, 0.29) is 5.97 Å². The summed E-state index contributed by atoms with van der Waals surface area (Å²) >= 11 is 0. The van der Waals surface area contributed by atoms with Gasteiger partial charge in [0.25, 0.3) is 0 Å². The van der Waals surface area contributed by atoms with Crippen LogP contribution in [0.1, 0.15) is 89.1 Å². The maximum atomic E-state index is 12.9. The average Bonchev–Trinajstić information content (AvgIpc) is 1.62. The number of esters is 1. The smallest absolute Gasteiger partial charge is 0.345 e. The molecular formula is C117H95N7O10. The summed E-state index contributed by atoms with van der Waals surface area (Å²) in [6.45, 7) is 17.3. The zero-order valence-electron chi connectivity index (χ0n) is 76.0. The molecule has 20 aromatic rings. The minimum Gasteiger partial charge on any atom is -0.495 e. The van der Waals surface area contributed by atoms with Crippen LogP contribution in [-0.4, -0.2) is 20.2 Å². The molecule has 0 aliphatic carbocycles. The molecule has 0 saturated carbocycles. The number of azo groups is 1. The van der Waals surface area contributed by atoms with Crippen molar-refractivity contribution >= 4 is 171 Å². The molecule has 5 aliphatic rings. The highest BCUT2D eigenvalue weighted by Gasteiger charge is 2.37. The fraction of sp³-hybridized carbons (Fsp3) is 0.120. The number of para-hydroxylation sites is 12. The second-order valence-electron chi connectivity index (χ2n) is 34.2. The molecule has 0 bridgehead atoms. The van der Waals surface area contributed by atoms with Gasteiger partial charge in [0.1, 0.15) is 51.7 Å². The van der Waals surface area contributed by atoms with Gasteiger partial charge in [0.2, 0.25) is 35.2 Å². The Labute approximate surface area is 776 Å². The normalized spacial score (nSPS) is 13.0. The fourth-order valence-corrected chi connectivity index (χ4v) is 18.6. The number of carbonyl (C=O) groups excluding carboxylic acids is 1. The molecule has 0 unspecified atom stereocenters. The van der Waals surface area contributed by atoms with Gasteiger partial charge >= 0.3 is 5.97 Å². The molecule has 0 spiro atoms. The summed E-state index contributed by atoms with van der Waals surface area (Å²) in [7, 11) is 3.37. The van der Waals surface area contributed by atoms with E-state index >= 15 is 0 Å². The van der Waals surface area contributed by atoms with Gasteiger partial charge in [-0.15, -0.1) is 10.2 Å². The van der Waals surface area contributed by atoms with E-state index in [1.54, 1.807) is 20.3 Å². The van der Waals surface area contributed by atoms with Gasteiger partial charge in [-0.3, -0.25) is 24.5 Å². The van der Waals surface area contributed by atoms with Crippen LogP contribution in [0.15, 0.2) is 366 Å². The molecule has 134 heavy (non-hydrogen) atoms. The topological polar surface area (TPSA) is 161 Å². The molecule has 0 radical (unpaired) electrons. The molecule has 25 rings (SSSR count). The number of methoxy groups -OCH3 is 2. The largest absolute Gasteiger partial charge is 0.495 e. The number of furan rings is 5. The number of nitrogens with zero attached hydrogens (tertiary/aromatic N) is 7. The van der Waals surface area contributed by atoms with E-state index < -0.39 is 0 Å². The first-order valence-electron chi connectivity index (χ1n) is 45.1. The predicted molar refractivity (Wildman–Crippen MR) is 540 cm³/mol. The number of hydrogen-bond acceptors (Lipinski definition) is 17. The van der Waals surface area contributed by atoms with E-state index in [1.165, 1.54) is 55.7 Å². The Balaban J connectivity index is 0.000000101. The summed E-state index contributed by atoms with van der Waals surface area (Å²) in [5, 5.41) is 14.2. The standard InChI is InChI=1S/C25H23NO.C24H19NO2.C23H17NO3.C23H19NO2.C22H17N3O2/c1-17-14-15-24-21(16-17)20-11-7-10-19-9-4-6-13-23(19)26(25(20)27-24)22-12-5-3-8-18(22)2;1-16-11-14-22-19(15-16)18-13-12-17-7-3-4-8-20(17)25(24(18)27-22)21-9-5-6-10-23(21)26-2;1-14-11-12-20-17(13-14)21-22(26-20)24(18-9-5-3-7-15(18)2)19-10-6-4-8-16(19)23(25)27-21;1-15-11-12-21-18(13-15)22-23(26-21)24(19-9-5-3-7-16(19)2)20-10-6-4-8-17(20)14-25-22;1-14-11-12-19-15(13-14)21-22(27-19)25(18-9-5-6-10-20(18)26-2)17-8-4-3-7-16(17)23-24-21/h3-6,8-9,12-16H,7,10-11H2,1-2H3;3-15H,1-2H3;3-13H,1-2H3;3-13H,14H2,1-2H3;3-13H,1-2H3. The van der Waals surface area contributed by atoms with Gasteiger partial charge in [-0.1, -0.05) is 222 Å². The summed E-state index contributed by atoms with van der Waals surface area (Å²) in [4.78, 5) is 23.5. The number of hydrogen-bond donors (Lipinski definition) is 0. The van der Waals surface area contributed by atoms with Gasteiger partial charge in [0.05, 0.1) is 92.8 Å². The molecule has 17 heteroatoms. The Morgan fingerprint density at radius 1 is 0.306 bits per heavy atom. The zero-order valence-corrected chi connectivity index (χ0v) is 76.0. The molecule has 15 aromatic carbocycles. The molecule has 0 fully saturated rings. The van der Waals surface area contributed by atoms with Gasteiger partial charge in [-0.05, 0) is 254 Å². The van der Waals surface area contributed by atoms with Gasteiger partial charge in [0.15, 0.2) is 11.4 Å². The Morgan fingerprint density at radius 2 is 0.701 bits per heavy atom. The van der Waals surface area contributed by atoms with Gasteiger partial charge < -0.3 is 41.0 Å². The third-order valence-corrected chi connectivity index (χ3v) is 25.1. The SMILES string of the molecule is COc1ccccc1N1c2ccccc2C=Cc2c1oc1ccc(C)cc21.COc1ccccc1N1c2ccccc2N=Nc2c1oc1ccc(C)cc21.Cc1ccc2oc3c(c2c1)CCCc1ccccc1N3c1ccccc1C.Cc1ccc2oc3c(c2c1)OC(=O)c1ccccc1N3c1ccccc1C.Cc1ccc2oc3c(c2c1)OCc1ccccc1N3c1ccccc1C. The third kappa shape index (κ3) is 15.5. The first kappa shape index (κ1) is 84.1. The molecule has 17 nitrogen and oxygen atoms in total. The molecule has 0 atom stereocenters. The minimum atomic E-state index is -0.382. The number of rotatable bonds is 7. The summed E-state index contributed by atoms with van der Waals surface area (Å²) < 4.78 is 55.0. The van der Waals surface area contributed by atoms with Crippen LogP contribution in [-0.2, 0) is 19.4 Å². The monoisotopic (exact) mass is 1760 g/mol. The van der Waals surface area contributed by atoms with Crippen molar-refractivity contribution in [1.82, 2.24) is 0 Å². The van der Waals surface area contributed by atoms with Crippen LogP contribution in [0.5, 0.6) is 23.0 Å². The van der Waals surface area contributed by atoms with Crippen molar-refractivity contribution in [2.24, 2.45) is 10.2 Å². The van der Waals surface area contributed by atoms with Gasteiger partial charge in [-0.25, -0.2) is 4.79 Å². The van der Waals surface area contributed by atoms with Crippen LogP contribution in [0.2, 0.25) is 0 Å². The highest BCUT2D eigenvalue weighted by molar-refractivity contribution is 6.08. The molecule has 658 valence electrons. The van der Waals surface area contributed by atoms with E-state index in [9.17, 15) is 4.79 Å². The molecule has 5 aromatic heterocycles. The lowest BCUT2D eigenvalue weighted by atomic mass is 9.97. The quantitative estimate of drug-likeness (QED) is 0.139. The highest BCUT2D eigenvalue weighted by Crippen LogP contribution is 2.57. The minimum absolute atomic E-state index is 0.382. The molecule has 0 N–H and O–H groups in total. The Morgan fingerprint density at radius 3 is 1.29 bits per heavy atom. The number of anilines is 15. The molecule has 0 amide bonds. The molecule has 5 aliphatic heterocycles. The summed E-state index contributed by atoms with van der Waals surface area (Å²) in [6.07, 6.45) is 7.54.